The predicted molar refractivity (Wildman–Crippen MR) is 70.9 cm³/mol. The van der Waals surface area contributed by atoms with Gasteiger partial charge in [0.2, 0.25) is 0 Å². The lowest BCUT2D eigenvalue weighted by Crippen LogP contribution is -2.35. The van der Waals surface area contributed by atoms with Crippen LogP contribution in [0.4, 0.5) is 0 Å². The normalized spacial score (nSPS) is 16.3. The van der Waals surface area contributed by atoms with E-state index in [9.17, 15) is 0 Å². The van der Waals surface area contributed by atoms with E-state index in [0.29, 0.717) is 0 Å². The van der Waals surface area contributed by atoms with E-state index >= 15 is 0 Å². The third kappa shape index (κ3) is 2.60. The van der Waals surface area contributed by atoms with Gasteiger partial charge >= 0.3 is 0 Å². The number of benzene rings is 1. The maximum absolute atomic E-state index is 6.12. The molecule has 92 valence electrons. The summed E-state index contributed by atoms with van der Waals surface area (Å²) in [4.78, 5) is 4.44. The molecule has 0 unspecified atom stereocenters. The van der Waals surface area contributed by atoms with Crippen LogP contribution >= 0.6 is 0 Å². The second-order valence-corrected chi connectivity index (χ2v) is 4.43. The summed E-state index contributed by atoms with van der Waals surface area (Å²) in [5, 5.41) is 3.29. The second-order valence-electron chi connectivity index (χ2n) is 4.43. The summed E-state index contributed by atoms with van der Waals surface area (Å²) < 4.78 is 6.12. The van der Waals surface area contributed by atoms with Crippen LogP contribution in [-0.4, -0.2) is 25.0 Å². The molecule has 0 bridgehead atoms. The lowest BCUT2D eigenvalue weighted by molar-refractivity contribution is 0.256. The first kappa shape index (κ1) is 12.0. The fourth-order valence-electron chi connectivity index (χ4n) is 2.09. The van der Waals surface area contributed by atoms with E-state index in [-0.39, 0.29) is 6.10 Å². The van der Waals surface area contributed by atoms with Crippen LogP contribution in [-0.2, 0) is 0 Å². The number of hydrogen-bond donors (Lipinski definition) is 1. The molecular weight excluding hydrogens is 212 g/mol. The summed E-state index contributed by atoms with van der Waals surface area (Å²) in [6, 6.07) is 6.22. The summed E-state index contributed by atoms with van der Waals surface area (Å²) in [5.74, 6) is 1.99. The zero-order chi connectivity index (χ0) is 12.3. The Bertz CT molecular complexity index is 406. The molecule has 0 aromatic heterocycles. The highest BCUT2D eigenvalue weighted by atomic mass is 16.5. The van der Waals surface area contributed by atoms with Gasteiger partial charge in [-0.25, -0.2) is 0 Å². The fraction of sp³-hybridized carbons (Fsp3) is 0.500. The molecule has 0 fully saturated rings. The van der Waals surface area contributed by atoms with Gasteiger partial charge in [0.1, 0.15) is 11.6 Å². The minimum atomic E-state index is 0.0531. The first-order valence-corrected chi connectivity index (χ1v) is 6.23. The third-order valence-corrected chi connectivity index (χ3v) is 3.04. The average Bonchev–Trinajstić information content (AvgIpc) is 2.82. The summed E-state index contributed by atoms with van der Waals surface area (Å²) in [7, 11) is 0. The van der Waals surface area contributed by atoms with Gasteiger partial charge in [-0.15, -0.1) is 0 Å². The minimum Gasteiger partial charge on any atom is -0.482 e. The van der Waals surface area contributed by atoms with Crippen molar-refractivity contribution in [3.63, 3.8) is 0 Å². The highest BCUT2D eigenvalue weighted by molar-refractivity contribution is 5.88. The van der Waals surface area contributed by atoms with Crippen molar-refractivity contribution in [1.29, 1.82) is 0 Å². The van der Waals surface area contributed by atoms with Gasteiger partial charge in [-0.3, -0.25) is 4.99 Å². The monoisotopic (exact) mass is 232 g/mol. The Hall–Kier alpha value is -1.51. The molecule has 3 nitrogen and oxygen atoms in total. The number of nitrogens with zero attached hydrogens (tertiary/aromatic N) is 1. The van der Waals surface area contributed by atoms with Gasteiger partial charge in [0.05, 0.1) is 6.54 Å². The first-order valence-electron chi connectivity index (χ1n) is 6.23. The molecule has 0 radical (unpaired) electrons. The Morgan fingerprint density at radius 3 is 2.59 bits per heavy atom. The number of ether oxygens (including phenoxy) is 1. The van der Waals surface area contributed by atoms with E-state index in [4.69, 9.17) is 4.74 Å². The molecule has 1 aromatic rings. The Balaban J connectivity index is 2.18. The minimum absolute atomic E-state index is 0.0531. The van der Waals surface area contributed by atoms with Crippen molar-refractivity contribution in [1.82, 2.24) is 5.32 Å². The van der Waals surface area contributed by atoms with E-state index in [1.165, 1.54) is 11.1 Å². The van der Waals surface area contributed by atoms with Crippen LogP contribution < -0.4 is 10.1 Å². The average molecular weight is 232 g/mol. The maximum Gasteiger partial charge on any atom is 0.155 e. The van der Waals surface area contributed by atoms with E-state index in [1.807, 2.05) is 0 Å². The quantitative estimate of drug-likeness (QED) is 0.865. The lowest BCUT2D eigenvalue weighted by atomic mass is 10.1. The Labute approximate surface area is 103 Å². The van der Waals surface area contributed by atoms with Crippen molar-refractivity contribution in [2.45, 2.75) is 33.3 Å². The number of rotatable bonds is 4. The number of para-hydroxylation sites is 1. The van der Waals surface area contributed by atoms with E-state index in [0.717, 1.165) is 31.1 Å². The molecule has 0 spiro atoms. The SMILES string of the molecule is CC[C@@H](Oc1c(C)cccc1C)C1=NCCN1. The van der Waals surface area contributed by atoms with Gasteiger partial charge in [-0.1, -0.05) is 25.1 Å². The summed E-state index contributed by atoms with van der Waals surface area (Å²) in [6.07, 6.45) is 0.983. The molecule has 0 amide bonds. The van der Waals surface area contributed by atoms with Crippen LogP contribution in [0.15, 0.2) is 23.2 Å². The fourth-order valence-corrected chi connectivity index (χ4v) is 2.09. The van der Waals surface area contributed by atoms with Gasteiger partial charge in [-0.05, 0) is 31.4 Å². The zero-order valence-corrected chi connectivity index (χ0v) is 10.8. The Morgan fingerprint density at radius 1 is 1.35 bits per heavy atom. The summed E-state index contributed by atoms with van der Waals surface area (Å²) >= 11 is 0. The van der Waals surface area contributed by atoms with E-state index in [1.54, 1.807) is 0 Å². The van der Waals surface area contributed by atoms with Crippen molar-refractivity contribution in [2.75, 3.05) is 13.1 Å². The molecular formula is C14H20N2O. The molecule has 1 aliphatic rings. The molecule has 0 aliphatic carbocycles. The van der Waals surface area contributed by atoms with Crippen LogP contribution in [0.25, 0.3) is 0 Å². The number of aliphatic imine (C=N–C) groups is 1. The van der Waals surface area contributed by atoms with E-state index < -0.39 is 0 Å². The topological polar surface area (TPSA) is 33.6 Å². The van der Waals surface area contributed by atoms with Crippen LogP contribution in [0.5, 0.6) is 5.75 Å². The molecule has 0 saturated carbocycles. The van der Waals surface area contributed by atoms with Gasteiger partial charge in [0.25, 0.3) is 0 Å². The highest BCUT2D eigenvalue weighted by Crippen LogP contribution is 2.24. The molecule has 0 saturated heterocycles. The maximum atomic E-state index is 6.12. The van der Waals surface area contributed by atoms with Crippen molar-refractivity contribution >= 4 is 5.84 Å². The van der Waals surface area contributed by atoms with Crippen molar-refractivity contribution < 1.29 is 4.74 Å². The van der Waals surface area contributed by atoms with Gasteiger partial charge in [0.15, 0.2) is 6.10 Å². The lowest BCUT2D eigenvalue weighted by Gasteiger charge is -2.20. The number of aryl methyl sites for hydroxylation is 2. The molecule has 17 heavy (non-hydrogen) atoms. The van der Waals surface area contributed by atoms with Crippen LogP contribution in [0.3, 0.4) is 0 Å². The van der Waals surface area contributed by atoms with Crippen LogP contribution in [0.1, 0.15) is 24.5 Å². The zero-order valence-electron chi connectivity index (χ0n) is 10.8. The highest BCUT2D eigenvalue weighted by Gasteiger charge is 2.19. The molecule has 1 heterocycles. The summed E-state index contributed by atoms with van der Waals surface area (Å²) in [6.45, 7) is 8.09. The van der Waals surface area contributed by atoms with E-state index in [2.05, 4.69) is 49.3 Å². The van der Waals surface area contributed by atoms with Gasteiger partial charge in [-0.2, -0.15) is 0 Å². The molecule has 1 N–H and O–H groups in total. The third-order valence-electron chi connectivity index (χ3n) is 3.04. The number of hydrogen-bond acceptors (Lipinski definition) is 3. The van der Waals surface area contributed by atoms with Gasteiger partial charge in [0, 0.05) is 6.54 Å². The first-order chi connectivity index (χ1) is 8.22. The number of amidine groups is 1. The second kappa shape index (κ2) is 5.21. The van der Waals surface area contributed by atoms with Crippen LogP contribution in [0, 0.1) is 13.8 Å². The molecule has 1 atom stereocenters. The standard InChI is InChI=1S/C14H20N2O/c1-4-12(14-15-8-9-16-14)17-13-10(2)6-5-7-11(13)3/h5-7,12H,4,8-9H2,1-3H3,(H,15,16)/t12-/m1/s1. The van der Waals surface area contributed by atoms with Gasteiger partial charge < -0.3 is 10.1 Å². The van der Waals surface area contributed by atoms with Crippen molar-refractivity contribution in [3.8, 4) is 5.75 Å². The molecule has 1 aliphatic heterocycles. The summed E-state index contributed by atoms with van der Waals surface area (Å²) in [5.41, 5.74) is 2.36. The largest absolute Gasteiger partial charge is 0.482 e. The van der Waals surface area contributed by atoms with Crippen LogP contribution in [0.2, 0.25) is 0 Å². The molecule has 1 aromatic carbocycles. The predicted octanol–water partition coefficient (Wildman–Crippen LogP) is 2.46. The number of nitrogens with one attached hydrogen (secondary N) is 1. The molecule has 2 rings (SSSR count). The smallest absolute Gasteiger partial charge is 0.155 e. The molecule has 3 heteroatoms. The van der Waals surface area contributed by atoms with Crippen molar-refractivity contribution in [3.05, 3.63) is 29.3 Å². The Morgan fingerprint density at radius 2 is 2.06 bits per heavy atom. The Kier molecular flexibility index (Phi) is 3.67. The van der Waals surface area contributed by atoms with Crippen molar-refractivity contribution in [2.24, 2.45) is 4.99 Å².